The number of nitrogens with one attached hydrogen (secondary N) is 1. The van der Waals surface area contributed by atoms with Crippen molar-refractivity contribution < 1.29 is 17.6 Å². The van der Waals surface area contributed by atoms with Gasteiger partial charge in [0.2, 0.25) is 10.0 Å². The molecule has 2 aromatic heterocycles. The molecule has 1 fully saturated rings. The summed E-state index contributed by atoms with van der Waals surface area (Å²) in [5, 5.41) is 3.97. The van der Waals surface area contributed by atoms with Gasteiger partial charge in [-0.1, -0.05) is 0 Å². The van der Waals surface area contributed by atoms with Gasteiger partial charge in [-0.15, -0.1) is 11.3 Å². The Hall–Kier alpha value is -1.71. The van der Waals surface area contributed by atoms with E-state index in [0.29, 0.717) is 19.6 Å². The van der Waals surface area contributed by atoms with Gasteiger partial charge in [-0.05, 0) is 51.9 Å². The number of rotatable bonds is 7. The van der Waals surface area contributed by atoms with Gasteiger partial charge < -0.3 is 9.73 Å². The Morgan fingerprint density at radius 1 is 1.24 bits per heavy atom. The molecule has 0 spiro atoms. The molecule has 9 heteroatoms. The van der Waals surface area contributed by atoms with E-state index in [1.54, 1.807) is 18.3 Å². The first kappa shape index (κ1) is 20.6. The maximum Gasteiger partial charge on any atom is 0.287 e. The lowest BCUT2D eigenvalue weighted by Crippen LogP contribution is -2.28. The number of nitrogens with zero attached hydrogens (tertiary/aromatic N) is 2. The number of furan rings is 1. The average Bonchev–Trinajstić information content (AvgIpc) is 3.43. The Labute approximate surface area is 175 Å². The molecule has 0 unspecified atom stereocenters. The van der Waals surface area contributed by atoms with Crippen LogP contribution in [0.15, 0.2) is 15.4 Å². The SMILES string of the molecule is Cc1oc(C(=O)NCCCc2nc3c(s2)CCCC3)cc1S(=O)(=O)N1CCCC1. The highest BCUT2D eigenvalue weighted by atomic mass is 32.2. The molecule has 0 atom stereocenters. The van der Waals surface area contributed by atoms with Gasteiger partial charge in [-0.25, -0.2) is 13.4 Å². The minimum absolute atomic E-state index is 0.0463. The third kappa shape index (κ3) is 4.41. The maximum atomic E-state index is 12.7. The second-order valence-corrected chi connectivity index (χ2v) is 10.8. The number of carbonyl (C=O) groups excluding carboxylic acids is 1. The molecule has 1 N–H and O–H groups in total. The number of thiazole rings is 1. The molecule has 1 saturated heterocycles. The Kier molecular flexibility index (Phi) is 6.08. The second kappa shape index (κ2) is 8.57. The zero-order valence-corrected chi connectivity index (χ0v) is 18.3. The summed E-state index contributed by atoms with van der Waals surface area (Å²) in [6, 6.07) is 1.35. The third-order valence-electron chi connectivity index (χ3n) is 5.52. The summed E-state index contributed by atoms with van der Waals surface area (Å²) >= 11 is 1.80. The normalized spacial score (nSPS) is 17.4. The van der Waals surface area contributed by atoms with Gasteiger partial charge >= 0.3 is 0 Å². The number of carbonyl (C=O) groups is 1. The number of aryl methyl sites for hydroxylation is 4. The van der Waals surface area contributed by atoms with Gasteiger partial charge in [0.25, 0.3) is 5.91 Å². The summed E-state index contributed by atoms with van der Waals surface area (Å²) in [6.07, 6.45) is 8.07. The van der Waals surface area contributed by atoms with E-state index in [1.165, 1.54) is 33.8 Å². The molecule has 2 aromatic rings. The molecular weight excluding hydrogens is 410 g/mol. The van der Waals surface area contributed by atoms with Crippen LogP contribution >= 0.6 is 11.3 Å². The molecule has 0 saturated carbocycles. The molecule has 7 nitrogen and oxygen atoms in total. The van der Waals surface area contributed by atoms with Crippen LogP contribution in [-0.2, 0) is 29.3 Å². The number of aromatic nitrogens is 1. The van der Waals surface area contributed by atoms with Crippen LogP contribution in [0.4, 0.5) is 0 Å². The first-order chi connectivity index (χ1) is 13.9. The fourth-order valence-corrected chi connectivity index (χ4v) is 6.82. The quantitative estimate of drug-likeness (QED) is 0.672. The molecule has 1 aliphatic carbocycles. The summed E-state index contributed by atoms with van der Waals surface area (Å²) < 4.78 is 32.4. The Bertz CT molecular complexity index is 964. The van der Waals surface area contributed by atoms with Crippen LogP contribution in [0.2, 0.25) is 0 Å². The molecule has 1 amide bonds. The first-order valence-electron chi connectivity index (χ1n) is 10.3. The van der Waals surface area contributed by atoms with Crippen molar-refractivity contribution in [3.63, 3.8) is 0 Å². The first-order valence-corrected chi connectivity index (χ1v) is 12.6. The van der Waals surface area contributed by atoms with E-state index in [2.05, 4.69) is 5.32 Å². The summed E-state index contributed by atoms with van der Waals surface area (Å²) in [4.78, 5) is 18.6. The second-order valence-electron chi connectivity index (χ2n) is 7.69. The highest BCUT2D eigenvalue weighted by Crippen LogP contribution is 2.28. The van der Waals surface area contributed by atoms with E-state index < -0.39 is 10.0 Å². The zero-order valence-electron chi connectivity index (χ0n) is 16.7. The summed E-state index contributed by atoms with van der Waals surface area (Å²) in [5.41, 5.74) is 1.26. The Balaban J connectivity index is 1.31. The molecule has 1 aliphatic heterocycles. The summed E-state index contributed by atoms with van der Waals surface area (Å²) in [6.45, 7) is 3.13. The molecule has 158 valence electrons. The minimum atomic E-state index is -3.59. The van der Waals surface area contributed by atoms with Gasteiger partial charge in [0.15, 0.2) is 5.76 Å². The van der Waals surface area contributed by atoms with Crippen molar-refractivity contribution in [1.82, 2.24) is 14.6 Å². The molecule has 29 heavy (non-hydrogen) atoms. The standard InChI is InChI=1S/C20H27N3O4S2/c1-14-18(29(25,26)23-11-4-5-12-23)13-16(27-14)20(24)21-10-6-9-19-22-15-7-2-3-8-17(15)28-19/h13H,2-12H2,1H3,(H,21,24). The number of sulfonamides is 1. The molecule has 0 radical (unpaired) electrons. The number of hydrogen-bond acceptors (Lipinski definition) is 6. The summed E-state index contributed by atoms with van der Waals surface area (Å²) in [5.74, 6) is -0.0743. The van der Waals surface area contributed by atoms with Crippen LogP contribution in [0.3, 0.4) is 0 Å². The van der Waals surface area contributed by atoms with Gasteiger partial charge in [-0.3, -0.25) is 4.79 Å². The molecule has 4 rings (SSSR count). The highest BCUT2D eigenvalue weighted by molar-refractivity contribution is 7.89. The predicted octanol–water partition coefficient (Wildman–Crippen LogP) is 3.07. The van der Waals surface area contributed by atoms with Gasteiger partial charge in [0.05, 0.1) is 10.7 Å². The maximum absolute atomic E-state index is 12.7. The van der Waals surface area contributed by atoms with E-state index >= 15 is 0 Å². The van der Waals surface area contributed by atoms with Gasteiger partial charge in [0, 0.05) is 37.0 Å². The third-order valence-corrected chi connectivity index (χ3v) is 8.75. The van der Waals surface area contributed by atoms with E-state index in [1.807, 2.05) is 0 Å². The van der Waals surface area contributed by atoms with Crippen LogP contribution in [0, 0.1) is 6.92 Å². The zero-order chi connectivity index (χ0) is 20.4. The minimum Gasteiger partial charge on any atom is -0.455 e. The van der Waals surface area contributed by atoms with Crippen molar-refractivity contribution in [3.8, 4) is 0 Å². The van der Waals surface area contributed by atoms with Crippen LogP contribution < -0.4 is 5.32 Å². The van der Waals surface area contributed by atoms with E-state index in [9.17, 15) is 13.2 Å². The number of hydrogen-bond donors (Lipinski definition) is 1. The van der Waals surface area contributed by atoms with Crippen LogP contribution in [-0.4, -0.2) is 43.2 Å². The van der Waals surface area contributed by atoms with Crippen molar-refractivity contribution in [2.75, 3.05) is 19.6 Å². The van der Waals surface area contributed by atoms with Crippen molar-refractivity contribution in [2.24, 2.45) is 0 Å². The topological polar surface area (TPSA) is 92.5 Å². The van der Waals surface area contributed by atoms with Crippen molar-refractivity contribution >= 4 is 27.3 Å². The lowest BCUT2D eigenvalue weighted by Gasteiger charge is -2.14. The fraction of sp³-hybridized carbons (Fsp3) is 0.600. The van der Waals surface area contributed by atoms with E-state index in [0.717, 1.165) is 43.5 Å². The number of amides is 1. The Morgan fingerprint density at radius 3 is 2.76 bits per heavy atom. The average molecular weight is 438 g/mol. The molecule has 0 aromatic carbocycles. The highest BCUT2D eigenvalue weighted by Gasteiger charge is 2.31. The van der Waals surface area contributed by atoms with Crippen LogP contribution in [0.5, 0.6) is 0 Å². The lowest BCUT2D eigenvalue weighted by molar-refractivity contribution is 0.0924. The van der Waals surface area contributed by atoms with Crippen molar-refractivity contribution in [3.05, 3.63) is 33.2 Å². The molecule has 2 aliphatic rings. The smallest absolute Gasteiger partial charge is 0.287 e. The lowest BCUT2D eigenvalue weighted by atomic mass is 10.0. The van der Waals surface area contributed by atoms with Gasteiger partial charge in [0.1, 0.15) is 10.7 Å². The largest absolute Gasteiger partial charge is 0.455 e. The van der Waals surface area contributed by atoms with E-state index in [4.69, 9.17) is 9.40 Å². The van der Waals surface area contributed by atoms with E-state index in [-0.39, 0.29) is 22.3 Å². The fourth-order valence-electron chi connectivity index (χ4n) is 3.94. The summed E-state index contributed by atoms with van der Waals surface area (Å²) in [7, 11) is -3.59. The monoisotopic (exact) mass is 437 g/mol. The van der Waals surface area contributed by atoms with Crippen LogP contribution in [0.1, 0.15) is 64.0 Å². The molecule has 3 heterocycles. The van der Waals surface area contributed by atoms with Crippen molar-refractivity contribution in [2.45, 2.75) is 63.2 Å². The van der Waals surface area contributed by atoms with Gasteiger partial charge in [-0.2, -0.15) is 4.31 Å². The Morgan fingerprint density at radius 2 is 2.00 bits per heavy atom. The van der Waals surface area contributed by atoms with Crippen molar-refractivity contribution in [1.29, 1.82) is 0 Å². The molecule has 0 bridgehead atoms. The number of fused-ring (bicyclic) bond motifs is 1. The predicted molar refractivity (Wildman–Crippen MR) is 111 cm³/mol. The molecular formula is C20H27N3O4S2. The van der Waals surface area contributed by atoms with Crippen LogP contribution in [0.25, 0.3) is 0 Å².